The second kappa shape index (κ2) is 8.44. The van der Waals surface area contributed by atoms with Crippen LogP contribution in [0.5, 0.6) is 5.75 Å². The van der Waals surface area contributed by atoms with Crippen molar-refractivity contribution >= 4 is 23.2 Å². The third-order valence-corrected chi connectivity index (χ3v) is 4.63. The van der Waals surface area contributed by atoms with Gasteiger partial charge in [0.1, 0.15) is 15.6 Å². The van der Waals surface area contributed by atoms with E-state index in [0.29, 0.717) is 22.7 Å². The average molecular weight is 348 g/mol. The largest absolute Gasteiger partial charge is 0.496 e. The molecule has 0 fully saturated rings. The van der Waals surface area contributed by atoms with Crippen molar-refractivity contribution in [3.8, 4) is 5.75 Å². The van der Waals surface area contributed by atoms with Crippen molar-refractivity contribution in [3.63, 3.8) is 0 Å². The molecule has 0 bridgehead atoms. The van der Waals surface area contributed by atoms with Crippen LogP contribution >= 0.6 is 11.3 Å². The minimum absolute atomic E-state index is 0.0803. The second-order valence-electron chi connectivity index (χ2n) is 5.16. The highest BCUT2D eigenvalue weighted by Gasteiger charge is 2.17. The lowest BCUT2D eigenvalue weighted by molar-refractivity contribution is -0.121. The van der Waals surface area contributed by atoms with Crippen molar-refractivity contribution in [2.24, 2.45) is 0 Å². The summed E-state index contributed by atoms with van der Waals surface area (Å²) >= 11 is 1.22. The van der Waals surface area contributed by atoms with Crippen molar-refractivity contribution in [1.82, 2.24) is 10.3 Å². The smallest absolute Gasteiger partial charge is 0.349 e. The maximum Gasteiger partial charge on any atom is 0.349 e. The normalized spacial score (nSPS) is 11.6. The van der Waals surface area contributed by atoms with Gasteiger partial charge in [-0.25, -0.2) is 9.78 Å². The second-order valence-corrected chi connectivity index (χ2v) is 6.22. The number of amides is 1. The third-order valence-electron chi connectivity index (χ3n) is 3.47. The van der Waals surface area contributed by atoms with Crippen LogP contribution in [0.2, 0.25) is 0 Å². The van der Waals surface area contributed by atoms with Gasteiger partial charge in [0.15, 0.2) is 0 Å². The van der Waals surface area contributed by atoms with E-state index < -0.39 is 5.97 Å². The first-order valence-corrected chi connectivity index (χ1v) is 8.32. The van der Waals surface area contributed by atoms with E-state index in [-0.39, 0.29) is 11.9 Å². The van der Waals surface area contributed by atoms with Crippen molar-refractivity contribution in [3.05, 3.63) is 45.9 Å². The molecule has 1 amide bonds. The Balaban J connectivity index is 1.89. The summed E-state index contributed by atoms with van der Waals surface area (Å²) in [5.41, 5.74) is 0.991. The SMILES string of the molecule is COC(=O)c1cnc([C@H](C)NC(=O)CCc2ccccc2OC)s1. The summed E-state index contributed by atoms with van der Waals surface area (Å²) in [5, 5.41) is 3.56. The monoisotopic (exact) mass is 348 g/mol. The molecule has 7 heteroatoms. The number of esters is 1. The molecule has 0 aliphatic rings. The molecule has 1 N–H and O–H groups in total. The van der Waals surface area contributed by atoms with Gasteiger partial charge in [0.05, 0.1) is 26.5 Å². The number of hydrogen-bond donors (Lipinski definition) is 1. The minimum Gasteiger partial charge on any atom is -0.496 e. The fourth-order valence-corrected chi connectivity index (χ4v) is 3.05. The van der Waals surface area contributed by atoms with E-state index in [1.54, 1.807) is 7.11 Å². The first kappa shape index (κ1) is 17.9. The fraction of sp³-hybridized carbons (Fsp3) is 0.353. The molecule has 6 nitrogen and oxygen atoms in total. The molecule has 24 heavy (non-hydrogen) atoms. The molecule has 0 aliphatic heterocycles. The molecule has 2 rings (SSSR count). The Morgan fingerprint density at radius 1 is 1.29 bits per heavy atom. The molecule has 1 aromatic heterocycles. The highest BCUT2D eigenvalue weighted by Crippen LogP contribution is 2.21. The van der Waals surface area contributed by atoms with Crippen LogP contribution in [0.15, 0.2) is 30.5 Å². The van der Waals surface area contributed by atoms with Crippen molar-refractivity contribution in [1.29, 1.82) is 0 Å². The van der Waals surface area contributed by atoms with E-state index >= 15 is 0 Å². The summed E-state index contributed by atoms with van der Waals surface area (Å²) in [4.78, 5) is 28.2. The lowest BCUT2D eigenvalue weighted by Crippen LogP contribution is -2.26. The van der Waals surface area contributed by atoms with Crippen LogP contribution in [0, 0.1) is 0 Å². The molecule has 0 saturated carbocycles. The zero-order valence-corrected chi connectivity index (χ0v) is 14.7. The standard InChI is InChI=1S/C17H20N2O4S/c1-11(16-18-10-14(24-16)17(21)23-3)19-15(20)9-8-12-6-4-5-7-13(12)22-2/h4-7,10-11H,8-9H2,1-3H3,(H,19,20)/t11-/m0/s1. The van der Waals surface area contributed by atoms with Gasteiger partial charge in [0, 0.05) is 6.42 Å². The zero-order valence-electron chi connectivity index (χ0n) is 13.9. The summed E-state index contributed by atoms with van der Waals surface area (Å²) in [6.45, 7) is 1.83. The van der Waals surface area contributed by atoms with Gasteiger partial charge in [-0.3, -0.25) is 4.79 Å². The molecule has 0 unspecified atom stereocenters. The first-order chi connectivity index (χ1) is 11.5. The van der Waals surface area contributed by atoms with Gasteiger partial charge >= 0.3 is 5.97 Å². The lowest BCUT2D eigenvalue weighted by atomic mass is 10.1. The number of thiazole rings is 1. The fourth-order valence-electron chi connectivity index (χ4n) is 2.22. The van der Waals surface area contributed by atoms with E-state index in [1.807, 2.05) is 31.2 Å². The molecule has 0 spiro atoms. The molecule has 0 radical (unpaired) electrons. The van der Waals surface area contributed by atoms with Gasteiger partial charge in [-0.2, -0.15) is 0 Å². The Hall–Kier alpha value is -2.41. The van der Waals surface area contributed by atoms with Crippen LogP contribution in [-0.2, 0) is 16.0 Å². The number of benzene rings is 1. The van der Waals surface area contributed by atoms with E-state index in [2.05, 4.69) is 15.0 Å². The van der Waals surface area contributed by atoms with Gasteiger partial charge in [0.2, 0.25) is 5.91 Å². The number of para-hydroxylation sites is 1. The number of rotatable bonds is 7. The Bertz CT molecular complexity index is 714. The van der Waals surface area contributed by atoms with Gasteiger partial charge in [-0.05, 0) is 25.0 Å². The van der Waals surface area contributed by atoms with Crippen LogP contribution in [0.25, 0.3) is 0 Å². The van der Waals surface area contributed by atoms with Gasteiger partial charge in [0.25, 0.3) is 0 Å². The van der Waals surface area contributed by atoms with E-state index in [0.717, 1.165) is 11.3 Å². The Morgan fingerprint density at radius 2 is 2.04 bits per heavy atom. The average Bonchev–Trinajstić information content (AvgIpc) is 3.09. The number of carbonyl (C=O) groups is 2. The maximum atomic E-state index is 12.1. The number of hydrogen-bond acceptors (Lipinski definition) is 6. The number of nitrogens with zero attached hydrogens (tertiary/aromatic N) is 1. The Labute approximate surface area is 144 Å². The van der Waals surface area contributed by atoms with Gasteiger partial charge in [-0.1, -0.05) is 18.2 Å². The van der Waals surface area contributed by atoms with Crippen molar-refractivity contribution in [2.75, 3.05) is 14.2 Å². The van der Waals surface area contributed by atoms with Gasteiger partial charge < -0.3 is 14.8 Å². The Morgan fingerprint density at radius 3 is 2.75 bits per heavy atom. The van der Waals surface area contributed by atoms with Crippen LogP contribution in [0.4, 0.5) is 0 Å². The number of methoxy groups -OCH3 is 2. The molecule has 1 atom stereocenters. The summed E-state index contributed by atoms with van der Waals surface area (Å²) in [6, 6.07) is 7.37. The number of ether oxygens (including phenoxy) is 2. The van der Waals surface area contributed by atoms with E-state index in [4.69, 9.17) is 4.74 Å². The van der Waals surface area contributed by atoms with Crippen LogP contribution in [0.1, 0.15) is 39.6 Å². The van der Waals surface area contributed by atoms with Crippen LogP contribution < -0.4 is 10.1 Å². The molecule has 2 aromatic rings. The summed E-state index contributed by atoms with van der Waals surface area (Å²) in [6.07, 6.45) is 2.40. The highest BCUT2D eigenvalue weighted by atomic mass is 32.1. The van der Waals surface area contributed by atoms with E-state index in [9.17, 15) is 9.59 Å². The number of aryl methyl sites for hydroxylation is 1. The lowest BCUT2D eigenvalue weighted by Gasteiger charge is -2.12. The minimum atomic E-state index is -0.423. The molecule has 0 saturated heterocycles. The van der Waals surface area contributed by atoms with Crippen LogP contribution in [-0.4, -0.2) is 31.1 Å². The molecule has 128 valence electrons. The third kappa shape index (κ3) is 4.55. The molecule has 1 aromatic carbocycles. The number of aromatic nitrogens is 1. The van der Waals surface area contributed by atoms with Crippen molar-refractivity contribution in [2.45, 2.75) is 25.8 Å². The molecular weight excluding hydrogens is 328 g/mol. The number of carbonyl (C=O) groups excluding carboxylic acids is 2. The summed E-state index contributed by atoms with van der Waals surface area (Å²) in [5.74, 6) is 0.276. The number of nitrogens with one attached hydrogen (secondary N) is 1. The highest BCUT2D eigenvalue weighted by molar-refractivity contribution is 7.13. The maximum absolute atomic E-state index is 12.1. The van der Waals surface area contributed by atoms with Crippen molar-refractivity contribution < 1.29 is 19.1 Å². The topological polar surface area (TPSA) is 77.5 Å². The Kier molecular flexibility index (Phi) is 6.31. The predicted octanol–water partition coefficient (Wildman–Crippen LogP) is 2.75. The predicted molar refractivity (Wildman–Crippen MR) is 91.3 cm³/mol. The molecular formula is C17H20N2O4S. The molecule has 1 heterocycles. The van der Waals surface area contributed by atoms with E-state index in [1.165, 1.54) is 24.6 Å². The summed E-state index contributed by atoms with van der Waals surface area (Å²) in [7, 11) is 2.94. The molecule has 0 aliphatic carbocycles. The van der Waals surface area contributed by atoms with Gasteiger partial charge in [-0.15, -0.1) is 11.3 Å². The quantitative estimate of drug-likeness (QED) is 0.779. The first-order valence-electron chi connectivity index (χ1n) is 7.50. The summed E-state index contributed by atoms with van der Waals surface area (Å²) < 4.78 is 9.93. The van der Waals surface area contributed by atoms with Crippen LogP contribution in [0.3, 0.4) is 0 Å². The zero-order chi connectivity index (χ0) is 17.5.